The first kappa shape index (κ1) is 11.6. The zero-order valence-corrected chi connectivity index (χ0v) is 10.3. The molecule has 0 saturated carbocycles. The molecule has 2 heterocycles. The summed E-state index contributed by atoms with van der Waals surface area (Å²) < 4.78 is 1.86. The van der Waals surface area contributed by atoms with Gasteiger partial charge in [-0.25, -0.2) is 0 Å². The summed E-state index contributed by atoms with van der Waals surface area (Å²) in [5, 5.41) is 7.80. The fourth-order valence-corrected chi connectivity index (χ4v) is 2.33. The number of likely N-dealkylation sites (N-methyl/N-ethyl adjacent to an activating group) is 1. The van der Waals surface area contributed by atoms with Crippen molar-refractivity contribution in [3.8, 4) is 0 Å². The van der Waals surface area contributed by atoms with Crippen molar-refractivity contribution >= 4 is 0 Å². The maximum Gasteiger partial charge on any atom is 0.0534 e. The van der Waals surface area contributed by atoms with Crippen molar-refractivity contribution < 1.29 is 0 Å². The van der Waals surface area contributed by atoms with Crippen molar-refractivity contribution in [2.45, 2.75) is 32.4 Å². The second-order valence-corrected chi connectivity index (χ2v) is 4.64. The molecule has 0 amide bonds. The topological polar surface area (TPSA) is 33.1 Å². The van der Waals surface area contributed by atoms with Gasteiger partial charge in [-0.05, 0) is 25.9 Å². The van der Waals surface area contributed by atoms with Crippen LogP contribution in [0.25, 0.3) is 0 Å². The molecule has 0 radical (unpaired) electrons. The quantitative estimate of drug-likeness (QED) is 0.825. The normalized spacial score (nSPS) is 22.5. The van der Waals surface area contributed by atoms with Crippen LogP contribution in [0, 0.1) is 0 Å². The molecule has 1 aromatic rings. The van der Waals surface area contributed by atoms with E-state index in [4.69, 9.17) is 0 Å². The monoisotopic (exact) mass is 222 g/mol. The molecule has 1 aromatic heterocycles. The van der Waals surface area contributed by atoms with E-state index in [1.165, 1.54) is 38.0 Å². The fraction of sp³-hybridized carbons (Fsp3) is 0.750. The van der Waals surface area contributed by atoms with Gasteiger partial charge in [-0.1, -0.05) is 6.92 Å². The minimum Gasteiger partial charge on any atom is -0.309 e. The van der Waals surface area contributed by atoms with Gasteiger partial charge in [0.1, 0.15) is 0 Å². The van der Waals surface area contributed by atoms with E-state index in [9.17, 15) is 0 Å². The zero-order valence-electron chi connectivity index (χ0n) is 10.3. The number of aryl methyl sites for hydroxylation is 1. The Kier molecular flexibility index (Phi) is 3.96. The van der Waals surface area contributed by atoms with E-state index in [-0.39, 0.29) is 0 Å². The van der Waals surface area contributed by atoms with Gasteiger partial charge in [0, 0.05) is 37.9 Å². The highest BCUT2D eigenvalue weighted by molar-refractivity contribution is 5.03. The Labute approximate surface area is 97.6 Å². The highest BCUT2D eigenvalue weighted by Crippen LogP contribution is 2.10. The maximum absolute atomic E-state index is 4.18. The summed E-state index contributed by atoms with van der Waals surface area (Å²) in [7, 11) is 1.96. The van der Waals surface area contributed by atoms with E-state index >= 15 is 0 Å². The standard InChI is InChI=1S/C12H22N4/c1-3-16-6-4-5-12(10-16)13-7-11-8-14-15(2)9-11/h8-9,12-13H,3-7,10H2,1-2H3. The number of rotatable bonds is 4. The van der Waals surface area contributed by atoms with Crippen LogP contribution < -0.4 is 5.32 Å². The van der Waals surface area contributed by atoms with Crippen molar-refractivity contribution in [3.63, 3.8) is 0 Å². The van der Waals surface area contributed by atoms with E-state index in [1.807, 2.05) is 17.9 Å². The second-order valence-electron chi connectivity index (χ2n) is 4.64. The van der Waals surface area contributed by atoms with Gasteiger partial charge in [0.05, 0.1) is 6.20 Å². The van der Waals surface area contributed by atoms with E-state index < -0.39 is 0 Å². The van der Waals surface area contributed by atoms with E-state index in [0.717, 1.165) is 6.54 Å². The smallest absolute Gasteiger partial charge is 0.0534 e. The molecule has 1 aliphatic rings. The molecule has 1 unspecified atom stereocenters. The summed E-state index contributed by atoms with van der Waals surface area (Å²) in [6, 6.07) is 0.647. The molecule has 2 rings (SSSR count). The first-order valence-corrected chi connectivity index (χ1v) is 6.21. The van der Waals surface area contributed by atoms with Gasteiger partial charge in [-0.15, -0.1) is 0 Å². The predicted molar refractivity (Wildman–Crippen MR) is 65.2 cm³/mol. The van der Waals surface area contributed by atoms with Crippen LogP contribution in [0.3, 0.4) is 0 Å². The van der Waals surface area contributed by atoms with Crippen LogP contribution in [-0.4, -0.2) is 40.4 Å². The lowest BCUT2D eigenvalue weighted by atomic mass is 10.1. The Balaban J connectivity index is 1.77. The molecule has 16 heavy (non-hydrogen) atoms. The average Bonchev–Trinajstić information content (AvgIpc) is 2.73. The summed E-state index contributed by atoms with van der Waals surface area (Å²) in [6.45, 7) is 6.81. The van der Waals surface area contributed by atoms with Gasteiger partial charge in [-0.2, -0.15) is 5.10 Å². The van der Waals surface area contributed by atoms with Crippen LogP contribution in [0.4, 0.5) is 0 Å². The van der Waals surface area contributed by atoms with Crippen LogP contribution in [0.2, 0.25) is 0 Å². The Hall–Kier alpha value is -0.870. The van der Waals surface area contributed by atoms with E-state index in [1.54, 1.807) is 0 Å². The molecule has 1 aliphatic heterocycles. The van der Waals surface area contributed by atoms with Gasteiger partial charge < -0.3 is 10.2 Å². The van der Waals surface area contributed by atoms with Crippen molar-refractivity contribution in [1.82, 2.24) is 20.0 Å². The number of aromatic nitrogens is 2. The number of likely N-dealkylation sites (tertiary alicyclic amines) is 1. The van der Waals surface area contributed by atoms with Gasteiger partial charge in [-0.3, -0.25) is 4.68 Å². The number of nitrogens with zero attached hydrogens (tertiary/aromatic N) is 3. The molecule has 0 aromatic carbocycles. The number of piperidine rings is 1. The minimum absolute atomic E-state index is 0.647. The SMILES string of the molecule is CCN1CCCC(NCc2cnn(C)c2)C1. The molecule has 0 aliphatic carbocycles. The number of nitrogens with one attached hydrogen (secondary N) is 1. The third-order valence-corrected chi connectivity index (χ3v) is 3.31. The van der Waals surface area contributed by atoms with Crippen LogP contribution in [0.15, 0.2) is 12.4 Å². The first-order valence-electron chi connectivity index (χ1n) is 6.21. The molecule has 90 valence electrons. The molecule has 1 atom stereocenters. The molecule has 1 fully saturated rings. The van der Waals surface area contributed by atoms with Crippen LogP contribution in [0.5, 0.6) is 0 Å². The molecule has 1 saturated heterocycles. The maximum atomic E-state index is 4.18. The molecular weight excluding hydrogens is 200 g/mol. The molecule has 4 heteroatoms. The summed E-state index contributed by atoms with van der Waals surface area (Å²) in [5.74, 6) is 0. The van der Waals surface area contributed by atoms with Gasteiger partial charge in [0.15, 0.2) is 0 Å². The lowest BCUT2D eigenvalue weighted by Gasteiger charge is -2.32. The lowest BCUT2D eigenvalue weighted by molar-refractivity contribution is 0.198. The lowest BCUT2D eigenvalue weighted by Crippen LogP contribution is -2.45. The van der Waals surface area contributed by atoms with Crippen molar-refractivity contribution in [2.24, 2.45) is 7.05 Å². The summed E-state index contributed by atoms with van der Waals surface area (Å²) in [5.41, 5.74) is 1.27. The average molecular weight is 222 g/mol. The van der Waals surface area contributed by atoms with Crippen molar-refractivity contribution in [3.05, 3.63) is 18.0 Å². The Morgan fingerprint density at radius 2 is 2.44 bits per heavy atom. The molecular formula is C12H22N4. The fourth-order valence-electron chi connectivity index (χ4n) is 2.33. The van der Waals surface area contributed by atoms with Gasteiger partial charge in [0.25, 0.3) is 0 Å². The molecule has 1 N–H and O–H groups in total. The second kappa shape index (κ2) is 5.46. The van der Waals surface area contributed by atoms with Crippen LogP contribution >= 0.6 is 0 Å². The highest BCUT2D eigenvalue weighted by atomic mass is 15.2. The largest absolute Gasteiger partial charge is 0.309 e. The molecule has 4 nitrogen and oxygen atoms in total. The van der Waals surface area contributed by atoms with Crippen LogP contribution in [-0.2, 0) is 13.6 Å². The summed E-state index contributed by atoms with van der Waals surface area (Å²) >= 11 is 0. The predicted octanol–water partition coefficient (Wildman–Crippen LogP) is 0.994. The highest BCUT2D eigenvalue weighted by Gasteiger charge is 2.17. The third kappa shape index (κ3) is 3.06. The third-order valence-electron chi connectivity index (χ3n) is 3.31. The first-order chi connectivity index (χ1) is 7.78. The summed E-state index contributed by atoms with van der Waals surface area (Å²) in [4.78, 5) is 2.52. The Bertz CT molecular complexity index is 321. The number of hydrogen-bond acceptors (Lipinski definition) is 3. The molecule has 0 bridgehead atoms. The minimum atomic E-state index is 0.647. The van der Waals surface area contributed by atoms with Crippen molar-refractivity contribution in [2.75, 3.05) is 19.6 Å². The summed E-state index contributed by atoms with van der Waals surface area (Å²) in [6.07, 6.45) is 6.64. The Morgan fingerprint density at radius 3 is 3.12 bits per heavy atom. The van der Waals surface area contributed by atoms with Crippen LogP contribution in [0.1, 0.15) is 25.3 Å². The zero-order chi connectivity index (χ0) is 11.4. The van der Waals surface area contributed by atoms with Gasteiger partial charge in [0.2, 0.25) is 0 Å². The van der Waals surface area contributed by atoms with Gasteiger partial charge >= 0.3 is 0 Å². The van der Waals surface area contributed by atoms with Crippen molar-refractivity contribution in [1.29, 1.82) is 0 Å². The van der Waals surface area contributed by atoms with E-state index in [0.29, 0.717) is 6.04 Å². The van der Waals surface area contributed by atoms with E-state index in [2.05, 4.69) is 28.4 Å². The number of hydrogen-bond donors (Lipinski definition) is 1. The Morgan fingerprint density at radius 1 is 1.56 bits per heavy atom. The molecule has 0 spiro atoms.